The van der Waals surface area contributed by atoms with E-state index in [0.29, 0.717) is 11.8 Å². The van der Waals surface area contributed by atoms with Crippen LogP contribution in [0.2, 0.25) is 0 Å². The van der Waals surface area contributed by atoms with Crippen molar-refractivity contribution in [1.29, 1.82) is 0 Å². The van der Waals surface area contributed by atoms with Crippen molar-refractivity contribution < 1.29 is 4.74 Å². The van der Waals surface area contributed by atoms with Crippen LogP contribution in [-0.2, 0) is 0 Å². The van der Waals surface area contributed by atoms with E-state index in [1.54, 1.807) is 7.11 Å². The van der Waals surface area contributed by atoms with Crippen LogP contribution in [0.3, 0.4) is 0 Å². The number of methoxy groups -OCH3 is 1. The molecule has 1 fully saturated rings. The van der Waals surface area contributed by atoms with Crippen LogP contribution in [0.4, 0.5) is 0 Å². The third-order valence-electron chi connectivity index (χ3n) is 2.72. The first-order valence-electron chi connectivity index (χ1n) is 5.27. The second kappa shape index (κ2) is 3.60. The van der Waals surface area contributed by atoms with Gasteiger partial charge in [-0.1, -0.05) is 19.9 Å². The van der Waals surface area contributed by atoms with Crippen molar-refractivity contribution in [2.45, 2.75) is 38.5 Å². The zero-order valence-corrected chi connectivity index (χ0v) is 9.08. The molecule has 0 aromatic carbocycles. The zero-order valence-electron chi connectivity index (χ0n) is 9.08. The molecule has 2 heteroatoms. The van der Waals surface area contributed by atoms with Gasteiger partial charge in [-0.25, -0.2) is 4.98 Å². The average molecular weight is 191 g/mol. The molecule has 0 bridgehead atoms. The van der Waals surface area contributed by atoms with Gasteiger partial charge in [-0.05, 0) is 24.8 Å². The van der Waals surface area contributed by atoms with Gasteiger partial charge < -0.3 is 4.74 Å². The molecule has 2 nitrogen and oxygen atoms in total. The third-order valence-corrected chi connectivity index (χ3v) is 2.72. The highest BCUT2D eigenvalue weighted by atomic mass is 16.5. The summed E-state index contributed by atoms with van der Waals surface area (Å²) in [4.78, 5) is 4.55. The van der Waals surface area contributed by atoms with E-state index in [4.69, 9.17) is 4.74 Å². The smallest absolute Gasteiger partial charge is 0.216 e. The Morgan fingerprint density at radius 1 is 1.36 bits per heavy atom. The van der Waals surface area contributed by atoms with E-state index in [2.05, 4.69) is 31.0 Å². The normalized spacial score (nSPS) is 16.0. The fraction of sp³-hybridized carbons (Fsp3) is 0.583. The van der Waals surface area contributed by atoms with Gasteiger partial charge in [-0.15, -0.1) is 0 Å². The summed E-state index contributed by atoms with van der Waals surface area (Å²) < 4.78 is 5.31. The van der Waals surface area contributed by atoms with Gasteiger partial charge >= 0.3 is 0 Å². The van der Waals surface area contributed by atoms with Crippen molar-refractivity contribution in [3.05, 3.63) is 23.4 Å². The number of hydrogen-bond donors (Lipinski definition) is 0. The number of hydrogen-bond acceptors (Lipinski definition) is 2. The van der Waals surface area contributed by atoms with Crippen molar-refractivity contribution in [3.8, 4) is 5.88 Å². The maximum absolute atomic E-state index is 5.31. The van der Waals surface area contributed by atoms with Crippen LogP contribution in [0.1, 0.15) is 49.8 Å². The van der Waals surface area contributed by atoms with Crippen LogP contribution in [0.25, 0.3) is 0 Å². The van der Waals surface area contributed by atoms with E-state index >= 15 is 0 Å². The Labute approximate surface area is 85.3 Å². The number of rotatable bonds is 3. The summed E-state index contributed by atoms with van der Waals surface area (Å²) in [5, 5.41) is 0. The van der Waals surface area contributed by atoms with Crippen molar-refractivity contribution in [3.63, 3.8) is 0 Å². The number of pyridine rings is 1. The Morgan fingerprint density at radius 3 is 2.57 bits per heavy atom. The molecule has 0 aliphatic heterocycles. The van der Waals surface area contributed by atoms with Crippen LogP contribution >= 0.6 is 0 Å². The average Bonchev–Trinajstić information content (AvgIpc) is 3.00. The minimum absolute atomic E-state index is 0.478. The van der Waals surface area contributed by atoms with Crippen LogP contribution in [0.15, 0.2) is 12.1 Å². The minimum Gasteiger partial charge on any atom is -0.481 e. The first kappa shape index (κ1) is 9.50. The molecule has 76 valence electrons. The predicted molar refractivity (Wildman–Crippen MR) is 56.9 cm³/mol. The Hall–Kier alpha value is -1.05. The molecule has 0 N–H and O–H groups in total. The van der Waals surface area contributed by atoms with Crippen LogP contribution in [0.5, 0.6) is 5.88 Å². The predicted octanol–water partition coefficient (Wildman–Crippen LogP) is 3.09. The molecule has 1 heterocycles. The Bertz CT molecular complexity index is 329. The van der Waals surface area contributed by atoms with Gasteiger partial charge in [0.25, 0.3) is 0 Å². The first-order valence-corrected chi connectivity index (χ1v) is 5.27. The Kier molecular flexibility index (Phi) is 2.44. The molecule has 1 aliphatic carbocycles. The maximum Gasteiger partial charge on any atom is 0.216 e. The fourth-order valence-electron chi connectivity index (χ4n) is 1.67. The Balaban J connectivity index is 2.33. The standard InChI is InChI=1S/C12H17NO/c1-8(2)10-6-7-11(9-4-5-9)13-12(10)14-3/h6-9H,4-5H2,1-3H3. The molecule has 0 saturated heterocycles. The summed E-state index contributed by atoms with van der Waals surface area (Å²) >= 11 is 0. The molecule has 2 rings (SSSR count). The largest absolute Gasteiger partial charge is 0.481 e. The summed E-state index contributed by atoms with van der Waals surface area (Å²) in [6, 6.07) is 4.31. The van der Waals surface area contributed by atoms with E-state index in [-0.39, 0.29) is 0 Å². The number of ether oxygens (including phenoxy) is 1. The summed E-state index contributed by atoms with van der Waals surface area (Å²) in [5.41, 5.74) is 2.41. The number of nitrogens with zero attached hydrogens (tertiary/aromatic N) is 1. The highest BCUT2D eigenvalue weighted by Gasteiger charge is 2.26. The van der Waals surface area contributed by atoms with E-state index in [1.807, 2.05) is 0 Å². The van der Waals surface area contributed by atoms with Gasteiger partial charge in [-0.2, -0.15) is 0 Å². The molecular formula is C12H17NO. The molecule has 0 spiro atoms. The minimum atomic E-state index is 0.478. The molecule has 0 unspecified atom stereocenters. The monoisotopic (exact) mass is 191 g/mol. The highest BCUT2D eigenvalue weighted by molar-refractivity contribution is 5.32. The molecule has 0 amide bonds. The first-order chi connectivity index (χ1) is 6.72. The third kappa shape index (κ3) is 1.74. The van der Waals surface area contributed by atoms with Gasteiger partial charge in [0, 0.05) is 17.2 Å². The van der Waals surface area contributed by atoms with Crippen LogP contribution < -0.4 is 4.74 Å². The SMILES string of the molecule is COc1nc(C2CC2)ccc1C(C)C. The molecule has 0 radical (unpaired) electrons. The molecule has 14 heavy (non-hydrogen) atoms. The lowest BCUT2D eigenvalue weighted by Gasteiger charge is -2.11. The molecule has 0 atom stereocenters. The lowest BCUT2D eigenvalue weighted by atomic mass is 10.0. The van der Waals surface area contributed by atoms with Crippen LogP contribution in [0, 0.1) is 0 Å². The van der Waals surface area contributed by atoms with Gasteiger partial charge in [0.15, 0.2) is 0 Å². The van der Waals surface area contributed by atoms with Crippen LogP contribution in [-0.4, -0.2) is 12.1 Å². The lowest BCUT2D eigenvalue weighted by molar-refractivity contribution is 0.388. The fourth-order valence-corrected chi connectivity index (χ4v) is 1.67. The van der Waals surface area contributed by atoms with E-state index < -0.39 is 0 Å². The van der Waals surface area contributed by atoms with Crippen molar-refractivity contribution in [2.24, 2.45) is 0 Å². The topological polar surface area (TPSA) is 22.1 Å². The summed E-state index contributed by atoms with van der Waals surface area (Å²) in [6.45, 7) is 4.33. The summed E-state index contributed by atoms with van der Waals surface area (Å²) in [6.07, 6.45) is 2.58. The second-order valence-electron chi connectivity index (χ2n) is 4.26. The van der Waals surface area contributed by atoms with Crippen molar-refractivity contribution in [2.75, 3.05) is 7.11 Å². The van der Waals surface area contributed by atoms with Crippen molar-refractivity contribution >= 4 is 0 Å². The zero-order chi connectivity index (χ0) is 10.1. The van der Waals surface area contributed by atoms with E-state index in [1.165, 1.54) is 24.1 Å². The summed E-state index contributed by atoms with van der Waals surface area (Å²) in [5.74, 6) is 1.99. The lowest BCUT2D eigenvalue weighted by Crippen LogP contribution is -1.99. The highest BCUT2D eigenvalue weighted by Crippen LogP contribution is 2.40. The molecule has 1 aromatic heterocycles. The molecule has 1 aromatic rings. The van der Waals surface area contributed by atoms with E-state index in [0.717, 1.165) is 5.88 Å². The van der Waals surface area contributed by atoms with E-state index in [9.17, 15) is 0 Å². The van der Waals surface area contributed by atoms with Gasteiger partial charge in [0.2, 0.25) is 5.88 Å². The summed E-state index contributed by atoms with van der Waals surface area (Å²) in [7, 11) is 1.70. The quantitative estimate of drug-likeness (QED) is 0.732. The van der Waals surface area contributed by atoms with Crippen molar-refractivity contribution in [1.82, 2.24) is 4.98 Å². The molecule has 1 aliphatic rings. The van der Waals surface area contributed by atoms with Gasteiger partial charge in [0.1, 0.15) is 0 Å². The maximum atomic E-state index is 5.31. The van der Waals surface area contributed by atoms with Gasteiger partial charge in [0.05, 0.1) is 7.11 Å². The Morgan fingerprint density at radius 2 is 2.07 bits per heavy atom. The molecule has 1 saturated carbocycles. The molecular weight excluding hydrogens is 174 g/mol. The number of aromatic nitrogens is 1. The van der Waals surface area contributed by atoms with Gasteiger partial charge in [-0.3, -0.25) is 0 Å². The second-order valence-corrected chi connectivity index (χ2v) is 4.26.